The number of rotatable bonds is 6. The lowest BCUT2D eigenvalue weighted by Crippen LogP contribution is -2.35. The fourth-order valence-corrected chi connectivity index (χ4v) is 2.11. The number of esters is 1. The van der Waals surface area contributed by atoms with Gasteiger partial charge in [0.2, 0.25) is 0 Å². The van der Waals surface area contributed by atoms with Crippen LogP contribution in [-0.2, 0) is 9.53 Å². The van der Waals surface area contributed by atoms with Crippen LogP contribution in [0.1, 0.15) is 28.9 Å². The van der Waals surface area contributed by atoms with Gasteiger partial charge in [-0.3, -0.25) is 4.79 Å². The molecule has 0 aliphatic rings. The van der Waals surface area contributed by atoms with E-state index in [0.29, 0.717) is 16.9 Å². The summed E-state index contributed by atoms with van der Waals surface area (Å²) in [7, 11) is 1.56. The van der Waals surface area contributed by atoms with Crippen molar-refractivity contribution in [2.24, 2.45) is 0 Å². The van der Waals surface area contributed by atoms with Crippen molar-refractivity contribution in [3.8, 4) is 5.75 Å². The first-order valence-corrected chi connectivity index (χ1v) is 7.32. The van der Waals surface area contributed by atoms with Crippen molar-refractivity contribution in [2.75, 3.05) is 13.7 Å². The van der Waals surface area contributed by atoms with Crippen molar-refractivity contribution in [1.29, 1.82) is 0 Å². The molecule has 0 aromatic heterocycles. The topological polar surface area (TPSA) is 64.6 Å². The van der Waals surface area contributed by atoms with Crippen LogP contribution in [0.3, 0.4) is 0 Å². The van der Waals surface area contributed by atoms with E-state index in [1.165, 1.54) is 0 Å². The molecule has 0 saturated heterocycles. The van der Waals surface area contributed by atoms with Crippen LogP contribution in [0.4, 0.5) is 0 Å². The van der Waals surface area contributed by atoms with Crippen LogP contribution < -0.4 is 10.1 Å². The number of nitrogens with one attached hydrogen (secondary N) is 1. The van der Waals surface area contributed by atoms with Crippen LogP contribution in [0.5, 0.6) is 5.75 Å². The van der Waals surface area contributed by atoms with Crippen LogP contribution in [0.2, 0.25) is 0 Å². The molecule has 1 amide bonds. The number of hydrogen-bond donors (Lipinski definition) is 1. The molecule has 23 heavy (non-hydrogen) atoms. The van der Waals surface area contributed by atoms with Crippen LogP contribution in [-0.4, -0.2) is 25.6 Å². The third-order valence-electron chi connectivity index (χ3n) is 3.28. The van der Waals surface area contributed by atoms with Gasteiger partial charge < -0.3 is 14.8 Å². The van der Waals surface area contributed by atoms with Gasteiger partial charge in [-0.25, -0.2) is 4.79 Å². The second-order valence-electron chi connectivity index (χ2n) is 4.80. The number of amides is 1. The number of benzene rings is 2. The van der Waals surface area contributed by atoms with E-state index in [1.807, 2.05) is 6.07 Å². The molecule has 0 aliphatic heterocycles. The smallest absolute Gasteiger partial charge is 0.333 e. The Balaban J connectivity index is 2.19. The van der Waals surface area contributed by atoms with Crippen LogP contribution in [0.15, 0.2) is 54.6 Å². The van der Waals surface area contributed by atoms with Crippen LogP contribution >= 0.6 is 0 Å². The standard InChI is InChI=1S/C18H19NO4/c1-3-23-18(21)16(13-7-5-4-6-8-13)19-17(20)14-9-11-15(22-2)12-10-14/h4-12,16H,3H2,1-2H3,(H,19,20). The third-order valence-corrected chi connectivity index (χ3v) is 3.28. The van der Waals surface area contributed by atoms with Crippen molar-refractivity contribution in [2.45, 2.75) is 13.0 Å². The molecule has 2 rings (SSSR count). The van der Waals surface area contributed by atoms with Gasteiger partial charge in [-0.2, -0.15) is 0 Å². The summed E-state index contributed by atoms with van der Waals surface area (Å²) in [6.07, 6.45) is 0. The summed E-state index contributed by atoms with van der Waals surface area (Å²) < 4.78 is 10.1. The average molecular weight is 313 g/mol. The summed E-state index contributed by atoms with van der Waals surface area (Å²) in [5.74, 6) is -0.179. The van der Waals surface area contributed by atoms with Gasteiger partial charge in [-0.05, 0) is 36.8 Å². The number of ether oxygens (including phenoxy) is 2. The summed E-state index contributed by atoms with van der Waals surface area (Å²) in [6, 6.07) is 14.8. The van der Waals surface area contributed by atoms with Crippen LogP contribution in [0, 0.1) is 0 Å². The molecule has 0 heterocycles. The number of carbonyl (C=O) groups excluding carboxylic acids is 2. The van der Waals surface area contributed by atoms with E-state index in [1.54, 1.807) is 62.6 Å². The van der Waals surface area contributed by atoms with Gasteiger partial charge in [0.1, 0.15) is 5.75 Å². The van der Waals surface area contributed by atoms with Gasteiger partial charge in [0.05, 0.1) is 13.7 Å². The maximum atomic E-state index is 12.4. The van der Waals surface area contributed by atoms with E-state index in [-0.39, 0.29) is 12.5 Å². The Bertz CT molecular complexity index is 652. The molecule has 120 valence electrons. The van der Waals surface area contributed by atoms with Crippen molar-refractivity contribution in [1.82, 2.24) is 5.32 Å². The first-order valence-electron chi connectivity index (χ1n) is 7.32. The highest BCUT2D eigenvalue weighted by molar-refractivity contribution is 5.97. The zero-order valence-corrected chi connectivity index (χ0v) is 13.1. The highest BCUT2D eigenvalue weighted by Crippen LogP contribution is 2.17. The van der Waals surface area contributed by atoms with Crippen LogP contribution in [0.25, 0.3) is 0 Å². The minimum atomic E-state index is -0.842. The molecular formula is C18H19NO4. The zero-order valence-electron chi connectivity index (χ0n) is 13.1. The van der Waals surface area contributed by atoms with Gasteiger partial charge in [0, 0.05) is 5.56 Å². The SMILES string of the molecule is CCOC(=O)C(NC(=O)c1ccc(OC)cc1)c1ccccc1. The number of methoxy groups -OCH3 is 1. The highest BCUT2D eigenvalue weighted by Gasteiger charge is 2.24. The molecule has 0 bridgehead atoms. The Morgan fingerprint density at radius 2 is 1.70 bits per heavy atom. The van der Waals surface area contributed by atoms with E-state index in [0.717, 1.165) is 0 Å². The Hall–Kier alpha value is -2.82. The van der Waals surface area contributed by atoms with E-state index < -0.39 is 12.0 Å². The fourth-order valence-electron chi connectivity index (χ4n) is 2.11. The van der Waals surface area contributed by atoms with Gasteiger partial charge >= 0.3 is 5.97 Å². The van der Waals surface area contributed by atoms with Gasteiger partial charge in [-0.15, -0.1) is 0 Å². The van der Waals surface area contributed by atoms with Gasteiger partial charge in [0.15, 0.2) is 6.04 Å². The van der Waals surface area contributed by atoms with E-state index >= 15 is 0 Å². The van der Waals surface area contributed by atoms with Crippen molar-refractivity contribution < 1.29 is 19.1 Å². The summed E-state index contributed by atoms with van der Waals surface area (Å²) in [6.45, 7) is 1.98. The molecule has 1 unspecified atom stereocenters. The fraction of sp³-hybridized carbons (Fsp3) is 0.222. The lowest BCUT2D eigenvalue weighted by Gasteiger charge is -2.17. The highest BCUT2D eigenvalue weighted by atomic mass is 16.5. The molecule has 0 spiro atoms. The van der Waals surface area contributed by atoms with E-state index in [2.05, 4.69) is 5.32 Å². The Labute approximate surface area is 135 Å². The molecule has 5 nitrogen and oxygen atoms in total. The summed E-state index contributed by atoms with van der Waals surface area (Å²) >= 11 is 0. The Morgan fingerprint density at radius 1 is 1.04 bits per heavy atom. The second kappa shape index (κ2) is 7.98. The lowest BCUT2D eigenvalue weighted by atomic mass is 10.1. The van der Waals surface area contributed by atoms with Crippen molar-refractivity contribution >= 4 is 11.9 Å². The zero-order chi connectivity index (χ0) is 16.7. The minimum Gasteiger partial charge on any atom is -0.497 e. The molecule has 2 aromatic carbocycles. The summed E-state index contributed by atoms with van der Waals surface area (Å²) in [5, 5.41) is 2.72. The molecule has 0 aliphatic carbocycles. The minimum absolute atomic E-state index is 0.251. The lowest BCUT2D eigenvalue weighted by molar-refractivity contribution is -0.145. The molecule has 2 aromatic rings. The molecular weight excluding hydrogens is 294 g/mol. The van der Waals surface area contributed by atoms with Gasteiger partial charge in [0.25, 0.3) is 5.91 Å². The first kappa shape index (κ1) is 16.5. The average Bonchev–Trinajstić information content (AvgIpc) is 2.60. The molecule has 1 atom stereocenters. The number of carbonyl (C=O) groups is 2. The predicted molar refractivity (Wildman–Crippen MR) is 86.3 cm³/mol. The molecule has 1 N–H and O–H groups in total. The molecule has 0 radical (unpaired) electrons. The largest absolute Gasteiger partial charge is 0.497 e. The Kier molecular flexibility index (Phi) is 5.74. The molecule has 0 saturated carbocycles. The predicted octanol–water partition coefficient (Wildman–Crippen LogP) is 2.73. The summed E-state index contributed by atoms with van der Waals surface area (Å²) in [4.78, 5) is 24.5. The third kappa shape index (κ3) is 4.32. The normalized spacial score (nSPS) is 11.4. The van der Waals surface area contributed by atoms with Crippen molar-refractivity contribution in [3.05, 3.63) is 65.7 Å². The maximum Gasteiger partial charge on any atom is 0.333 e. The quantitative estimate of drug-likeness (QED) is 0.833. The van der Waals surface area contributed by atoms with Gasteiger partial charge in [-0.1, -0.05) is 30.3 Å². The second-order valence-corrected chi connectivity index (χ2v) is 4.80. The van der Waals surface area contributed by atoms with E-state index in [9.17, 15) is 9.59 Å². The Morgan fingerprint density at radius 3 is 2.26 bits per heavy atom. The number of hydrogen-bond acceptors (Lipinski definition) is 4. The first-order chi connectivity index (χ1) is 11.2. The van der Waals surface area contributed by atoms with Crippen molar-refractivity contribution in [3.63, 3.8) is 0 Å². The van der Waals surface area contributed by atoms with E-state index in [4.69, 9.17) is 9.47 Å². The monoisotopic (exact) mass is 313 g/mol. The molecule has 5 heteroatoms. The molecule has 0 fully saturated rings. The summed E-state index contributed by atoms with van der Waals surface area (Å²) in [5.41, 5.74) is 1.11. The maximum absolute atomic E-state index is 12.4.